The minimum atomic E-state index is 0.622. The maximum atomic E-state index is 5.82. The normalized spacial score (nSPS) is 17.7. The first-order valence-corrected chi connectivity index (χ1v) is 8.10. The molecule has 1 aromatic carbocycles. The van der Waals surface area contributed by atoms with Gasteiger partial charge in [-0.15, -0.1) is 0 Å². The van der Waals surface area contributed by atoms with Gasteiger partial charge < -0.3 is 15.4 Å². The highest BCUT2D eigenvalue weighted by Crippen LogP contribution is 2.33. The van der Waals surface area contributed by atoms with E-state index in [9.17, 15) is 0 Å². The van der Waals surface area contributed by atoms with E-state index in [1.807, 2.05) is 18.3 Å². The van der Waals surface area contributed by atoms with E-state index in [-0.39, 0.29) is 0 Å². The van der Waals surface area contributed by atoms with E-state index in [4.69, 9.17) is 10.5 Å². The molecule has 1 fully saturated rings. The Morgan fingerprint density at radius 1 is 1.32 bits per heavy atom. The Balaban J connectivity index is 1.85. The van der Waals surface area contributed by atoms with Crippen LogP contribution < -0.4 is 15.4 Å². The van der Waals surface area contributed by atoms with Crippen molar-refractivity contribution in [2.24, 2.45) is 17.6 Å². The summed E-state index contributed by atoms with van der Waals surface area (Å²) < 4.78 is 5.37. The summed E-state index contributed by atoms with van der Waals surface area (Å²) in [5.74, 6) is 2.26. The first kappa shape index (κ1) is 15.1. The minimum absolute atomic E-state index is 0.622. The minimum Gasteiger partial charge on any atom is -0.497 e. The smallest absolute Gasteiger partial charge is 0.119 e. The van der Waals surface area contributed by atoms with Crippen molar-refractivity contribution in [3.63, 3.8) is 0 Å². The molecule has 3 rings (SSSR count). The molecular weight excluding hydrogens is 274 g/mol. The molecule has 1 atom stereocenters. The predicted molar refractivity (Wildman–Crippen MR) is 91.5 cm³/mol. The molecule has 2 aromatic rings. The second-order valence-corrected chi connectivity index (χ2v) is 6.25. The Labute approximate surface area is 132 Å². The highest BCUT2D eigenvalue weighted by Gasteiger charge is 2.24. The van der Waals surface area contributed by atoms with Gasteiger partial charge in [0.05, 0.1) is 12.6 Å². The summed E-state index contributed by atoms with van der Waals surface area (Å²) in [7, 11) is 1.71. The van der Waals surface area contributed by atoms with Crippen LogP contribution in [0.5, 0.6) is 5.75 Å². The van der Waals surface area contributed by atoms with Crippen molar-refractivity contribution >= 4 is 16.6 Å². The molecule has 0 amide bonds. The van der Waals surface area contributed by atoms with Gasteiger partial charge >= 0.3 is 0 Å². The van der Waals surface area contributed by atoms with Gasteiger partial charge in [-0.3, -0.25) is 4.98 Å². The number of fused-ring (bicyclic) bond motifs is 1. The van der Waals surface area contributed by atoms with Gasteiger partial charge in [-0.25, -0.2) is 0 Å². The molecule has 4 nitrogen and oxygen atoms in total. The number of methoxy groups -OCH3 is 1. The summed E-state index contributed by atoms with van der Waals surface area (Å²) in [6.07, 6.45) is 4.33. The summed E-state index contributed by atoms with van der Waals surface area (Å²) in [5.41, 5.74) is 8.11. The van der Waals surface area contributed by atoms with E-state index in [0.717, 1.165) is 36.8 Å². The van der Waals surface area contributed by atoms with Crippen LogP contribution in [-0.4, -0.2) is 31.7 Å². The number of rotatable bonds is 4. The monoisotopic (exact) mass is 299 g/mol. The molecule has 1 aliphatic rings. The molecule has 0 aliphatic carbocycles. The lowest BCUT2D eigenvalue weighted by Crippen LogP contribution is -2.37. The van der Waals surface area contributed by atoms with E-state index >= 15 is 0 Å². The number of benzene rings is 1. The Kier molecular flexibility index (Phi) is 4.48. The van der Waals surface area contributed by atoms with Crippen molar-refractivity contribution < 1.29 is 4.74 Å². The van der Waals surface area contributed by atoms with Crippen LogP contribution in [0.15, 0.2) is 30.5 Å². The lowest BCUT2D eigenvalue weighted by Gasteiger charge is -2.36. The Bertz CT molecular complexity index is 635. The third kappa shape index (κ3) is 2.88. The average molecular weight is 299 g/mol. The molecule has 0 unspecified atom stereocenters. The number of pyridine rings is 1. The van der Waals surface area contributed by atoms with E-state index in [1.165, 1.54) is 23.9 Å². The number of nitrogens with zero attached hydrogens (tertiary/aromatic N) is 2. The fourth-order valence-electron chi connectivity index (χ4n) is 3.42. The van der Waals surface area contributed by atoms with Crippen molar-refractivity contribution in [2.75, 3.05) is 31.6 Å². The molecule has 2 heterocycles. The number of ether oxygens (including phenoxy) is 1. The SMILES string of the molecule is COc1ccc2nccc(N3CCC([C@H](C)CN)CC3)c2c1. The number of piperidine rings is 1. The third-order valence-corrected chi connectivity index (χ3v) is 4.98. The summed E-state index contributed by atoms with van der Waals surface area (Å²) in [5, 5.41) is 1.17. The average Bonchev–Trinajstić information content (AvgIpc) is 2.60. The number of hydrogen-bond acceptors (Lipinski definition) is 4. The van der Waals surface area contributed by atoms with Gasteiger partial charge in [-0.2, -0.15) is 0 Å². The number of aromatic nitrogens is 1. The predicted octanol–water partition coefficient (Wildman–Crippen LogP) is 3.05. The van der Waals surface area contributed by atoms with Gasteiger partial charge in [0.25, 0.3) is 0 Å². The second kappa shape index (κ2) is 6.53. The number of anilines is 1. The number of nitrogens with two attached hydrogens (primary N) is 1. The van der Waals surface area contributed by atoms with Crippen molar-refractivity contribution in [3.05, 3.63) is 30.5 Å². The first-order chi connectivity index (χ1) is 10.7. The maximum absolute atomic E-state index is 5.82. The standard InChI is InChI=1S/C18H25N3O/c1-13(12-19)14-6-9-21(10-7-14)18-5-8-20-17-4-3-15(22-2)11-16(17)18/h3-5,8,11,13-14H,6-7,9-10,12,19H2,1-2H3/t13-/m1/s1. The highest BCUT2D eigenvalue weighted by atomic mass is 16.5. The molecule has 22 heavy (non-hydrogen) atoms. The van der Waals surface area contributed by atoms with Crippen LogP contribution in [0.3, 0.4) is 0 Å². The molecule has 0 spiro atoms. The fraction of sp³-hybridized carbons (Fsp3) is 0.500. The van der Waals surface area contributed by atoms with Crippen LogP contribution in [0.1, 0.15) is 19.8 Å². The summed E-state index contributed by atoms with van der Waals surface area (Å²) in [6.45, 7) is 5.24. The van der Waals surface area contributed by atoms with Crippen LogP contribution in [0.4, 0.5) is 5.69 Å². The Morgan fingerprint density at radius 3 is 2.77 bits per heavy atom. The summed E-state index contributed by atoms with van der Waals surface area (Å²) in [6, 6.07) is 8.20. The third-order valence-electron chi connectivity index (χ3n) is 4.98. The molecular formula is C18H25N3O. The van der Waals surface area contributed by atoms with Gasteiger partial charge in [-0.05, 0) is 55.5 Å². The van der Waals surface area contributed by atoms with Crippen LogP contribution in [-0.2, 0) is 0 Å². The lowest BCUT2D eigenvalue weighted by molar-refractivity contribution is 0.299. The van der Waals surface area contributed by atoms with Crippen LogP contribution in [0.25, 0.3) is 10.9 Å². The molecule has 1 saturated heterocycles. The molecule has 118 valence electrons. The van der Waals surface area contributed by atoms with E-state index < -0.39 is 0 Å². The Hall–Kier alpha value is -1.81. The zero-order chi connectivity index (χ0) is 15.5. The zero-order valence-electron chi connectivity index (χ0n) is 13.5. The van der Waals surface area contributed by atoms with Gasteiger partial charge in [0, 0.05) is 30.4 Å². The maximum Gasteiger partial charge on any atom is 0.119 e. The van der Waals surface area contributed by atoms with Gasteiger partial charge in [0.2, 0.25) is 0 Å². The van der Waals surface area contributed by atoms with Crippen LogP contribution >= 0.6 is 0 Å². The zero-order valence-corrected chi connectivity index (χ0v) is 13.5. The molecule has 1 aliphatic heterocycles. The quantitative estimate of drug-likeness (QED) is 0.942. The van der Waals surface area contributed by atoms with Crippen LogP contribution in [0, 0.1) is 11.8 Å². The molecule has 0 bridgehead atoms. The van der Waals surface area contributed by atoms with Gasteiger partial charge in [-0.1, -0.05) is 6.92 Å². The first-order valence-electron chi connectivity index (χ1n) is 8.10. The van der Waals surface area contributed by atoms with E-state index in [1.54, 1.807) is 7.11 Å². The van der Waals surface area contributed by atoms with Crippen molar-refractivity contribution in [1.29, 1.82) is 0 Å². The largest absolute Gasteiger partial charge is 0.497 e. The van der Waals surface area contributed by atoms with E-state index in [0.29, 0.717) is 5.92 Å². The summed E-state index contributed by atoms with van der Waals surface area (Å²) in [4.78, 5) is 6.95. The molecule has 0 radical (unpaired) electrons. The highest BCUT2D eigenvalue weighted by molar-refractivity contribution is 5.92. The molecule has 1 aromatic heterocycles. The molecule has 4 heteroatoms. The molecule has 2 N–H and O–H groups in total. The van der Waals surface area contributed by atoms with Crippen LogP contribution in [0.2, 0.25) is 0 Å². The lowest BCUT2D eigenvalue weighted by atomic mass is 9.85. The Morgan fingerprint density at radius 2 is 2.09 bits per heavy atom. The van der Waals surface area contributed by atoms with Gasteiger partial charge in [0.15, 0.2) is 0 Å². The topological polar surface area (TPSA) is 51.4 Å². The van der Waals surface area contributed by atoms with Crippen molar-refractivity contribution in [2.45, 2.75) is 19.8 Å². The van der Waals surface area contributed by atoms with E-state index in [2.05, 4.69) is 28.9 Å². The van der Waals surface area contributed by atoms with Crippen molar-refractivity contribution in [3.8, 4) is 5.75 Å². The van der Waals surface area contributed by atoms with Gasteiger partial charge in [0.1, 0.15) is 5.75 Å². The second-order valence-electron chi connectivity index (χ2n) is 6.25. The van der Waals surface area contributed by atoms with Crippen molar-refractivity contribution in [1.82, 2.24) is 4.98 Å². The fourth-order valence-corrected chi connectivity index (χ4v) is 3.42. The number of hydrogen-bond donors (Lipinski definition) is 1. The molecule has 0 saturated carbocycles. The summed E-state index contributed by atoms with van der Waals surface area (Å²) >= 11 is 0.